The lowest BCUT2D eigenvalue weighted by molar-refractivity contribution is 0.0594. The summed E-state index contributed by atoms with van der Waals surface area (Å²) in [5, 5.41) is 8.08. The van der Waals surface area contributed by atoms with E-state index in [1.54, 1.807) is 17.7 Å². The topological polar surface area (TPSA) is 77.8 Å². The standard InChI is InChI=1S/C24H24N4O3/c1-14-7-6-8-15(2)21(14)22-16(3)27-28-20(13-19(24(29)31-5)26-23(22)28)25-17-9-11-18(30-4)12-10-17/h6-13,25H,1-5H3. The lowest BCUT2D eigenvalue weighted by atomic mass is 9.96. The fraction of sp³-hybridized carbons (Fsp3) is 0.208. The number of ether oxygens (including phenoxy) is 2. The van der Waals surface area contributed by atoms with Gasteiger partial charge >= 0.3 is 5.97 Å². The summed E-state index contributed by atoms with van der Waals surface area (Å²) in [4.78, 5) is 17.0. The van der Waals surface area contributed by atoms with Crippen molar-refractivity contribution in [2.45, 2.75) is 20.8 Å². The van der Waals surface area contributed by atoms with Gasteiger partial charge in [0, 0.05) is 11.8 Å². The van der Waals surface area contributed by atoms with Crippen molar-refractivity contribution in [3.63, 3.8) is 0 Å². The minimum absolute atomic E-state index is 0.207. The number of aromatic nitrogens is 3. The molecule has 2 aromatic heterocycles. The summed E-state index contributed by atoms with van der Waals surface area (Å²) in [6, 6.07) is 15.3. The van der Waals surface area contributed by atoms with Gasteiger partial charge in [-0.3, -0.25) is 0 Å². The van der Waals surface area contributed by atoms with Crippen molar-refractivity contribution in [2.75, 3.05) is 19.5 Å². The van der Waals surface area contributed by atoms with Gasteiger partial charge in [-0.2, -0.15) is 9.61 Å². The van der Waals surface area contributed by atoms with E-state index >= 15 is 0 Å². The summed E-state index contributed by atoms with van der Waals surface area (Å²) in [5.74, 6) is 0.857. The molecule has 0 amide bonds. The molecule has 4 aromatic rings. The Hall–Kier alpha value is -3.87. The van der Waals surface area contributed by atoms with Gasteiger partial charge < -0.3 is 14.8 Å². The highest BCUT2D eigenvalue weighted by Crippen LogP contribution is 2.34. The molecule has 0 unspecified atom stereocenters. The number of hydrogen-bond donors (Lipinski definition) is 1. The molecule has 0 aliphatic rings. The number of nitrogens with zero attached hydrogens (tertiary/aromatic N) is 3. The third kappa shape index (κ3) is 3.70. The molecule has 0 bridgehead atoms. The maximum atomic E-state index is 12.4. The summed E-state index contributed by atoms with van der Waals surface area (Å²) in [6.45, 7) is 6.07. The van der Waals surface area contributed by atoms with Gasteiger partial charge in [-0.1, -0.05) is 18.2 Å². The number of rotatable bonds is 5. The Balaban J connectivity index is 1.95. The van der Waals surface area contributed by atoms with Crippen LogP contribution in [0.2, 0.25) is 0 Å². The number of esters is 1. The van der Waals surface area contributed by atoms with E-state index in [2.05, 4.69) is 36.3 Å². The minimum atomic E-state index is -0.508. The maximum absolute atomic E-state index is 12.4. The van der Waals surface area contributed by atoms with Crippen molar-refractivity contribution in [2.24, 2.45) is 0 Å². The smallest absolute Gasteiger partial charge is 0.356 e. The van der Waals surface area contributed by atoms with Gasteiger partial charge in [-0.15, -0.1) is 0 Å². The van der Waals surface area contributed by atoms with E-state index in [0.717, 1.165) is 39.4 Å². The van der Waals surface area contributed by atoms with Gasteiger partial charge in [-0.05, 0) is 61.7 Å². The predicted molar refractivity (Wildman–Crippen MR) is 120 cm³/mol. The first kappa shape index (κ1) is 20.4. The lowest BCUT2D eigenvalue weighted by Gasteiger charge is -2.12. The Morgan fingerprint density at radius 3 is 2.26 bits per heavy atom. The number of anilines is 2. The molecule has 31 heavy (non-hydrogen) atoms. The first-order valence-electron chi connectivity index (χ1n) is 9.89. The zero-order chi connectivity index (χ0) is 22.1. The normalized spacial score (nSPS) is 10.9. The number of methoxy groups -OCH3 is 2. The summed E-state index contributed by atoms with van der Waals surface area (Å²) in [7, 11) is 2.97. The fourth-order valence-electron chi connectivity index (χ4n) is 3.75. The van der Waals surface area contributed by atoms with E-state index in [1.807, 2.05) is 37.3 Å². The largest absolute Gasteiger partial charge is 0.497 e. The summed E-state index contributed by atoms with van der Waals surface area (Å²) in [5.41, 5.74) is 6.66. The highest BCUT2D eigenvalue weighted by Gasteiger charge is 2.21. The summed E-state index contributed by atoms with van der Waals surface area (Å²) in [6.07, 6.45) is 0. The molecule has 7 nitrogen and oxygen atoms in total. The van der Waals surface area contributed by atoms with E-state index in [9.17, 15) is 4.79 Å². The van der Waals surface area contributed by atoms with E-state index in [-0.39, 0.29) is 5.69 Å². The first-order valence-corrected chi connectivity index (χ1v) is 9.89. The van der Waals surface area contributed by atoms with Crippen LogP contribution < -0.4 is 10.1 Å². The van der Waals surface area contributed by atoms with Crippen LogP contribution in [0, 0.1) is 20.8 Å². The zero-order valence-electron chi connectivity index (χ0n) is 18.2. The molecule has 0 saturated carbocycles. The number of benzene rings is 2. The van der Waals surface area contributed by atoms with Crippen LogP contribution in [0.5, 0.6) is 5.75 Å². The third-order valence-corrected chi connectivity index (χ3v) is 5.25. The van der Waals surface area contributed by atoms with Crippen LogP contribution >= 0.6 is 0 Å². The Morgan fingerprint density at radius 1 is 0.968 bits per heavy atom. The lowest BCUT2D eigenvalue weighted by Crippen LogP contribution is -2.09. The molecule has 0 aliphatic carbocycles. The number of fused-ring (bicyclic) bond motifs is 1. The van der Waals surface area contributed by atoms with Crippen molar-refractivity contribution < 1.29 is 14.3 Å². The monoisotopic (exact) mass is 416 g/mol. The van der Waals surface area contributed by atoms with Gasteiger partial charge in [-0.25, -0.2) is 9.78 Å². The minimum Gasteiger partial charge on any atom is -0.497 e. The Bertz CT molecular complexity index is 1260. The van der Waals surface area contributed by atoms with E-state index < -0.39 is 5.97 Å². The van der Waals surface area contributed by atoms with Crippen molar-refractivity contribution in [1.29, 1.82) is 0 Å². The van der Waals surface area contributed by atoms with Crippen LogP contribution in [-0.2, 0) is 4.74 Å². The summed E-state index contributed by atoms with van der Waals surface area (Å²) < 4.78 is 11.9. The molecule has 0 spiro atoms. The van der Waals surface area contributed by atoms with Gasteiger partial charge in [0.25, 0.3) is 0 Å². The van der Waals surface area contributed by atoms with Crippen LogP contribution in [0.15, 0.2) is 48.5 Å². The number of nitrogens with one attached hydrogen (secondary N) is 1. The SMILES string of the molecule is COC(=O)c1cc(Nc2ccc(OC)cc2)n2nc(C)c(-c3c(C)cccc3C)c2n1. The van der Waals surface area contributed by atoms with Crippen molar-refractivity contribution in [3.05, 3.63) is 71.0 Å². The van der Waals surface area contributed by atoms with E-state index in [4.69, 9.17) is 14.6 Å². The van der Waals surface area contributed by atoms with Gasteiger partial charge in [0.2, 0.25) is 0 Å². The first-order chi connectivity index (χ1) is 14.9. The van der Waals surface area contributed by atoms with Gasteiger partial charge in [0.05, 0.1) is 25.5 Å². The molecule has 0 radical (unpaired) electrons. The Kier molecular flexibility index (Phi) is 5.33. The van der Waals surface area contributed by atoms with Crippen LogP contribution in [0.4, 0.5) is 11.5 Å². The molecule has 1 N–H and O–H groups in total. The molecule has 0 fully saturated rings. The molecular formula is C24H24N4O3. The molecular weight excluding hydrogens is 392 g/mol. The molecule has 2 heterocycles. The number of carbonyl (C=O) groups is 1. The Morgan fingerprint density at radius 2 is 1.65 bits per heavy atom. The van der Waals surface area contributed by atoms with Crippen molar-refractivity contribution in [1.82, 2.24) is 14.6 Å². The highest BCUT2D eigenvalue weighted by atomic mass is 16.5. The molecule has 2 aromatic carbocycles. The number of carbonyl (C=O) groups excluding carboxylic acids is 1. The summed E-state index contributed by atoms with van der Waals surface area (Å²) >= 11 is 0. The molecule has 158 valence electrons. The predicted octanol–water partition coefficient (Wildman–Crippen LogP) is 4.86. The molecule has 4 rings (SSSR count). The number of aryl methyl sites for hydroxylation is 3. The van der Waals surface area contributed by atoms with Crippen molar-refractivity contribution >= 4 is 23.1 Å². The Labute approximate surface area is 180 Å². The second-order valence-electron chi connectivity index (χ2n) is 7.33. The van der Waals surface area contributed by atoms with E-state index in [0.29, 0.717) is 11.5 Å². The zero-order valence-corrected chi connectivity index (χ0v) is 18.2. The van der Waals surface area contributed by atoms with Gasteiger partial charge in [0.15, 0.2) is 11.3 Å². The van der Waals surface area contributed by atoms with E-state index in [1.165, 1.54) is 7.11 Å². The quantitative estimate of drug-likeness (QED) is 0.468. The maximum Gasteiger partial charge on any atom is 0.356 e. The van der Waals surface area contributed by atoms with Crippen LogP contribution in [0.3, 0.4) is 0 Å². The molecule has 0 atom stereocenters. The average Bonchev–Trinajstić information content (AvgIpc) is 3.10. The number of hydrogen-bond acceptors (Lipinski definition) is 6. The molecule has 0 aliphatic heterocycles. The van der Waals surface area contributed by atoms with Crippen molar-refractivity contribution in [3.8, 4) is 16.9 Å². The molecule has 0 saturated heterocycles. The fourth-order valence-corrected chi connectivity index (χ4v) is 3.75. The van der Waals surface area contributed by atoms with Gasteiger partial charge in [0.1, 0.15) is 11.6 Å². The average molecular weight is 416 g/mol. The highest BCUT2D eigenvalue weighted by molar-refractivity contribution is 5.92. The third-order valence-electron chi connectivity index (χ3n) is 5.25. The second kappa shape index (κ2) is 8.10. The molecule has 7 heteroatoms. The van der Waals surface area contributed by atoms with Crippen LogP contribution in [-0.4, -0.2) is 34.8 Å². The second-order valence-corrected chi connectivity index (χ2v) is 7.33. The van der Waals surface area contributed by atoms with Crippen LogP contribution in [0.1, 0.15) is 27.3 Å². The van der Waals surface area contributed by atoms with Crippen LogP contribution in [0.25, 0.3) is 16.8 Å².